The molecule has 0 aliphatic heterocycles. The van der Waals surface area contributed by atoms with Gasteiger partial charge in [-0.2, -0.15) is 0 Å². The molecule has 1 aromatic carbocycles. The Hall–Kier alpha value is -0.520. The minimum atomic E-state index is -0.107. The number of rotatable bonds is 1. The second-order valence-electron chi connectivity index (χ2n) is 2.19. The summed E-state index contributed by atoms with van der Waals surface area (Å²) in [6.45, 7) is 0. The number of hydrogen-bond acceptors (Lipinski definition) is 2. The third-order valence-electron chi connectivity index (χ3n) is 1.54. The van der Waals surface area contributed by atoms with E-state index in [1.807, 2.05) is 12.1 Å². The van der Waals surface area contributed by atoms with Gasteiger partial charge in [-0.15, -0.1) is 0 Å². The molecule has 0 bridgehead atoms. The van der Waals surface area contributed by atoms with Crippen molar-refractivity contribution >= 4 is 29.3 Å². The van der Waals surface area contributed by atoms with Gasteiger partial charge in [0.05, 0.1) is 0 Å². The third kappa shape index (κ3) is 1.26. The van der Waals surface area contributed by atoms with Crippen LogP contribution in [0.3, 0.4) is 0 Å². The molecule has 0 saturated carbocycles. The first-order valence-electron chi connectivity index (χ1n) is 3.27. The molecule has 0 unspecified atom stereocenters. The zero-order valence-electron chi connectivity index (χ0n) is 6.07. The quantitative estimate of drug-likeness (QED) is 0.721. The fourth-order valence-electron chi connectivity index (χ4n) is 0.965. The molecule has 3 heteroatoms. The van der Waals surface area contributed by atoms with Crippen molar-refractivity contribution in [2.75, 3.05) is 7.11 Å². The molecule has 1 heterocycles. The van der Waals surface area contributed by atoms with E-state index in [9.17, 15) is 0 Å². The predicted octanol–water partition coefficient (Wildman–Crippen LogP) is 1.30. The molecule has 0 N–H and O–H groups in total. The first-order valence-corrected chi connectivity index (χ1v) is 5.78. The molecule has 0 aliphatic rings. The van der Waals surface area contributed by atoms with E-state index in [2.05, 4.69) is 15.3 Å². The first-order chi connectivity index (χ1) is 5.40. The van der Waals surface area contributed by atoms with Gasteiger partial charge in [-0.1, -0.05) is 0 Å². The van der Waals surface area contributed by atoms with Crippen molar-refractivity contribution in [1.29, 1.82) is 0 Å². The molecule has 0 radical (unpaired) electrons. The monoisotopic (exact) mass is 263 g/mol. The Balaban J connectivity index is 2.67. The topological polar surface area (TPSA) is 22.1 Å². The summed E-state index contributed by atoms with van der Waals surface area (Å²) in [6, 6.07) is 6.10. The number of ether oxygens (including phenoxy) is 1. The summed E-state index contributed by atoms with van der Waals surface area (Å²) in [6.07, 6.45) is 0. The van der Waals surface area contributed by atoms with Crippen LogP contribution >= 0.6 is 0 Å². The normalized spacial score (nSPS) is 10.3. The number of aromatic nitrogens is 1. The van der Waals surface area contributed by atoms with E-state index in [-0.39, 0.29) is 20.4 Å². The Bertz CT molecular complexity index is 369. The zero-order chi connectivity index (χ0) is 7.68. The Kier molecular flexibility index (Phi) is 1.85. The Morgan fingerprint density at radius 1 is 1.45 bits per heavy atom. The van der Waals surface area contributed by atoms with Crippen molar-refractivity contribution in [1.82, 2.24) is 4.98 Å². The Morgan fingerprint density at radius 2 is 2.36 bits per heavy atom. The van der Waals surface area contributed by atoms with Crippen molar-refractivity contribution in [2.24, 2.45) is 0 Å². The van der Waals surface area contributed by atoms with Crippen LogP contribution in [0.5, 0.6) is 5.75 Å². The number of benzene rings is 1. The van der Waals surface area contributed by atoms with Crippen molar-refractivity contribution in [3.63, 3.8) is 0 Å². The summed E-state index contributed by atoms with van der Waals surface area (Å²) in [5, 5.41) is 0. The van der Waals surface area contributed by atoms with Gasteiger partial charge in [0.15, 0.2) is 0 Å². The fourth-order valence-corrected chi connectivity index (χ4v) is 2.84. The van der Waals surface area contributed by atoms with Gasteiger partial charge in [-0.25, -0.2) is 0 Å². The van der Waals surface area contributed by atoms with Gasteiger partial charge in [-0.3, -0.25) is 0 Å². The Labute approximate surface area is 74.4 Å². The van der Waals surface area contributed by atoms with E-state index in [0.29, 0.717) is 0 Å². The molecule has 2 nitrogen and oxygen atoms in total. The van der Waals surface area contributed by atoms with Crippen LogP contribution in [0.15, 0.2) is 22.4 Å². The average Bonchev–Trinajstić information content (AvgIpc) is 2.50. The minimum absolute atomic E-state index is 0.107. The molecule has 0 saturated heterocycles. The molecule has 2 aromatic rings. The average molecular weight is 261 g/mol. The van der Waals surface area contributed by atoms with Crippen LogP contribution in [0.4, 0.5) is 0 Å². The van der Waals surface area contributed by atoms with Crippen molar-refractivity contribution < 1.29 is 4.74 Å². The number of hydrogen-bond donors (Lipinski definition) is 0. The van der Waals surface area contributed by atoms with E-state index in [4.69, 9.17) is 4.74 Å². The van der Waals surface area contributed by atoms with Crippen molar-refractivity contribution in [3.8, 4) is 5.75 Å². The maximum absolute atomic E-state index is 5.08. The standard InChI is InChI=1S/C8H7NOTe/c1-10-6-2-3-8-7(4-6)9-5-11-8/h2-5H,1H3. The molecule has 0 aliphatic carbocycles. The molecule has 0 amide bonds. The zero-order valence-corrected chi connectivity index (χ0v) is 8.40. The molecule has 2 rings (SSSR count). The van der Waals surface area contributed by atoms with Crippen molar-refractivity contribution in [3.05, 3.63) is 22.4 Å². The molecule has 0 fully saturated rings. The summed E-state index contributed by atoms with van der Waals surface area (Å²) < 4.78 is 8.54. The number of fused-ring (bicyclic) bond motifs is 1. The Morgan fingerprint density at radius 3 is 3.18 bits per heavy atom. The van der Waals surface area contributed by atoms with E-state index in [1.54, 1.807) is 7.11 Å². The molecule has 1 aromatic heterocycles. The van der Waals surface area contributed by atoms with Gasteiger partial charge < -0.3 is 0 Å². The molecule has 56 valence electrons. The van der Waals surface area contributed by atoms with Crippen LogP contribution in [-0.4, -0.2) is 32.5 Å². The fraction of sp³-hybridized carbons (Fsp3) is 0.125. The molecular formula is C8H7NOTe. The van der Waals surface area contributed by atoms with E-state index >= 15 is 0 Å². The number of nitrogens with zero attached hydrogens (tertiary/aromatic N) is 1. The molecular weight excluding hydrogens is 254 g/mol. The second-order valence-corrected chi connectivity index (χ2v) is 4.72. The molecule has 0 spiro atoms. The van der Waals surface area contributed by atoms with Gasteiger partial charge in [0.25, 0.3) is 0 Å². The van der Waals surface area contributed by atoms with E-state index in [1.165, 1.54) is 3.40 Å². The first kappa shape index (κ1) is 7.15. The van der Waals surface area contributed by atoms with Crippen LogP contribution in [0.1, 0.15) is 0 Å². The summed E-state index contributed by atoms with van der Waals surface area (Å²) in [5.74, 6) is 0.898. The third-order valence-corrected chi connectivity index (χ3v) is 3.85. The van der Waals surface area contributed by atoms with E-state index in [0.717, 1.165) is 11.3 Å². The molecule has 0 atom stereocenters. The van der Waals surface area contributed by atoms with Crippen LogP contribution in [0, 0.1) is 0 Å². The van der Waals surface area contributed by atoms with Gasteiger partial charge in [0.1, 0.15) is 0 Å². The summed E-state index contributed by atoms with van der Waals surface area (Å²) in [7, 11) is 1.68. The maximum atomic E-state index is 5.08. The summed E-state index contributed by atoms with van der Waals surface area (Å²) in [5.41, 5.74) is 1.10. The number of methoxy groups -OCH3 is 1. The second kappa shape index (κ2) is 2.84. The van der Waals surface area contributed by atoms with Gasteiger partial charge in [0.2, 0.25) is 0 Å². The predicted molar refractivity (Wildman–Crippen MR) is 45.2 cm³/mol. The van der Waals surface area contributed by atoms with Gasteiger partial charge in [-0.05, 0) is 0 Å². The van der Waals surface area contributed by atoms with Gasteiger partial charge >= 0.3 is 74.3 Å². The van der Waals surface area contributed by atoms with Crippen LogP contribution in [0.2, 0.25) is 0 Å². The van der Waals surface area contributed by atoms with Crippen LogP contribution < -0.4 is 4.74 Å². The van der Waals surface area contributed by atoms with Crippen LogP contribution in [0.25, 0.3) is 8.92 Å². The van der Waals surface area contributed by atoms with Crippen LogP contribution in [-0.2, 0) is 0 Å². The summed E-state index contributed by atoms with van der Waals surface area (Å²) >= 11 is -0.107. The van der Waals surface area contributed by atoms with Crippen molar-refractivity contribution in [2.45, 2.75) is 0 Å². The van der Waals surface area contributed by atoms with E-state index < -0.39 is 0 Å². The SMILES string of the molecule is COc1ccc2[te]cnc2c1. The van der Waals surface area contributed by atoms with Gasteiger partial charge in [0, 0.05) is 0 Å². The summed E-state index contributed by atoms with van der Waals surface area (Å²) in [4.78, 5) is 4.26. The molecule has 11 heavy (non-hydrogen) atoms.